The molecular formula is C12H17N5. The highest BCUT2D eigenvalue weighted by atomic mass is 15.3. The van der Waals surface area contributed by atoms with Crippen molar-refractivity contribution in [3.8, 4) is 5.82 Å². The van der Waals surface area contributed by atoms with Gasteiger partial charge in [-0.3, -0.25) is 0 Å². The van der Waals surface area contributed by atoms with E-state index in [1.54, 1.807) is 11.0 Å². The van der Waals surface area contributed by atoms with Crippen LogP contribution in [0.4, 0.5) is 0 Å². The number of nitrogens with zero attached hydrogens (tertiary/aromatic N) is 4. The predicted molar refractivity (Wildman–Crippen MR) is 65.9 cm³/mol. The minimum Gasteiger partial charge on any atom is -0.313 e. The predicted octanol–water partition coefficient (Wildman–Crippen LogP) is 1.47. The smallest absolute Gasteiger partial charge is 0.158 e. The minimum absolute atomic E-state index is 0.835. The van der Waals surface area contributed by atoms with Crippen molar-refractivity contribution >= 4 is 0 Å². The van der Waals surface area contributed by atoms with Crippen molar-refractivity contribution in [2.75, 3.05) is 6.54 Å². The van der Waals surface area contributed by atoms with Gasteiger partial charge in [-0.05, 0) is 37.1 Å². The summed E-state index contributed by atoms with van der Waals surface area (Å²) in [6.07, 6.45) is 6.19. The van der Waals surface area contributed by atoms with E-state index in [9.17, 15) is 0 Å². The second kappa shape index (κ2) is 5.54. The van der Waals surface area contributed by atoms with Crippen molar-refractivity contribution in [3.63, 3.8) is 0 Å². The lowest BCUT2D eigenvalue weighted by molar-refractivity contribution is 0.672. The molecular weight excluding hydrogens is 214 g/mol. The third-order valence-electron chi connectivity index (χ3n) is 2.50. The molecule has 0 saturated heterocycles. The third-order valence-corrected chi connectivity index (χ3v) is 2.50. The maximum Gasteiger partial charge on any atom is 0.158 e. The molecule has 1 N–H and O–H groups in total. The molecule has 5 nitrogen and oxygen atoms in total. The van der Waals surface area contributed by atoms with Gasteiger partial charge in [0.15, 0.2) is 5.82 Å². The minimum atomic E-state index is 0.835. The number of aryl methyl sites for hydroxylation is 1. The van der Waals surface area contributed by atoms with Crippen molar-refractivity contribution in [1.82, 2.24) is 25.1 Å². The standard InChI is InChI=1S/C12H17N5/c1-3-4-13-6-11-5-10(2)12(15-7-11)17-9-14-8-16-17/h5,7-9,13H,3-4,6H2,1-2H3. The van der Waals surface area contributed by atoms with Crippen molar-refractivity contribution in [2.45, 2.75) is 26.8 Å². The summed E-state index contributed by atoms with van der Waals surface area (Å²) in [5, 5.41) is 7.44. The van der Waals surface area contributed by atoms with Gasteiger partial charge in [-0.25, -0.2) is 14.6 Å². The highest BCUT2D eigenvalue weighted by Crippen LogP contribution is 2.10. The first-order chi connectivity index (χ1) is 8.31. The average Bonchev–Trinajstić information content (AvgIpc) is 2.83. The Morgan fingerprint density at radius 3 is 2.94 bits per heavy atom. The van der Waals surface area contributed by atoms with Crippen LogP contribution in [0, 0.1) is 6.92 Å². The maximum atomic E-state index is 4.42. The Kier molecular flexibility index (Phi) is 3.82. The van der Waals surface area contributed by atoms with Gasteiger partial charge in [-0.1, -0.05) is 6.92 Å². The molecule has 0 spiro atoms. The van der Waals surface area contributed by atoms with Crippen LogP contribution in [0.5, 0.6) is 0 Å². The fourth-order valence-electron chi connectivity index (χ4n) is 1.69. The van der Waals surface area contributed by atoms with E-state index in [1.165, 1.54) is 11.9 Å². The Morgan fingerprint density at radius 2 is 2.29 bits per heavy atom. The quantitative estimate of drug-likeness (QED) is 0.792. The van der Waals surface area contributed by atoms with E-state index in [2.05, 4.69) is 33.4 Å². The van der Waals surface area contributed by atoms with E-state index in [-0.39, 0.29) is 0 Å². The first kappa shape index (κ1) is 11.7. The summed E-state index contributed by atoms with van der Waals surface area (Å²) >= 11 is 0. The lowest BCUT2D eigenvalue weighted by Gasteiger charge is -2.07. The fraction of sp³-hybridized carbons (Fsp3) is 0.417. The number of pyridine rings is 1. The van der Waals surface area contributed by atoms with Gasteiger partial charge in [0.05, 0.1) is 0 Å². The van der Waals surface area contributed by atoms with Crippen LogP contribution in [0.2, 0.25) is 0 Å². The van der Waals surface area contributed by atoms with Crippen molar-refractivity contribution in [3.05, 3.63) is 36.0 Å². The molecule has 5 heteroatoms. The first-order valence-corrected chi connectivity index (χ1v) is 5.82. The molecule has 0 aliphatic rings. The highest BCUT2D eigenvalue weighted by Gasteiger charge is 2.04. The average molecular weight is 231 g/mol. The number of hydrogen-bond acceptors (Lipinski definition) is 4. The Hall–Kier alpha value is -1.75. The Morgan fingerprint density at radius 1 is 1.41 bits per heavy atom. The first-order valence-electron chi connectivity index (χ1n) is 5.82. The van der Waals surface area contributed by atoms with Crippen LogP contribution in [0.15, 0.2) is 24.9 Å². The van der Waals surface area contributed by atoms with Crippen LogP contribution in [0.1, 0.15) is 24.5 Å². The maximum absolute atomic E-state index is 4.42. The van der Waals surface area contributed by atoms with Crippen LogP contribution in [0.3, 0.4) is 0 Å². The summed E-state index contributed by atoms with van der Waals surface area (Å²) in [5.74, 6) is 0.835. The Labute approximate surface area is 101 Å². The molecule has 0 aliphatic heterocycles. The van der Waals surface area contributed by atoms with Crippen LogP contribution >= 0.6 is 0 Å². The van der Waals surface area contributed by atoms with E-state index >= 15 is 0 Å². The van der Waals surface area contributed by atoms with Crippen LogP contribution in [-0.2, 0) is 6.54 Å². The SMILES string of the molecule is CCCNCc1cnc(-n2cncn2)c(C)c1. The molecule has 2 aromatic rings. The van der Waals surface area contributed by atoms with E-state index in [1.807, 2.05) is 13.1 Å². The van der Waals surface area contributed by atoms with Crippen molar-refractivity contribution < 1.29 is 0 Å². The van der Waals surface area contributed by atoms with Crippen LogP contribution in [-0.4, -0.2) is 26.3 Å². The summed E-state index contributed by atoms with van der Waals surface area (Å²) < 4.78 is 1.68. The lowest BCUT2D eigenvalue weighted by Crippen LogP contribution is -2.14. The largest absolute Gasteiger partial charge is 0.313 e. The van der Waals surface area contributed by atoms with E-state index in [4.69, 9.17) is 0 Å². The summed E-state index contributed by atoms with van der Waals surface area (Å²) in [6.45, 7) is 6.08. The summed E-state index contributed by atoms with van der Waals surface area (Å²) in [6, 6.07) is 2.13. The van der Waals surface area contributed by atoms with E-state index < -0.39 is 0 Å². The topological polar surface area (TPSA) is 55.6 Å². The summed E-state index contributed by atoms with van der Waals surface area (Å²) in [5.41, 5.74) is 2.30. The van der Waals surface area contributed by atoms with Crippen molar-refractivity contribution in [2.24, 2.45) is 0 Å². The van der Waals surface area contributed by atoms with E-state index in [0.29, 0.717) is 0 Å². The second-order valence-corrected chi connectivity index (χ2v) is 4.00. The van der Waals surface area contributed by atoms with Crippen LogP contribution in [0.25, 0.3) is 5.82 Å². The molecule has 0 unspecified atom stereocenters. The molecule has 90 valence electrons. The van der Waals surface area contributed by atoms with Gasteiger partial charge in [0.2, 0.25) is 0 Å². The van der Waals surface area contributed by atoms with Crippen molar-refractivity contribution in [1.29, 1.82) is 0 Å². The summed E-state index contributed by atoms with van der Waals surface area (Å²) in [7, 11) is 0. The molecule has 0 fully saturated rings. The zero-order valence-electron chi connectivity index (χ0n) is 10.2. The van der Waals surface area contributed by atoms with Gasteiger partial charge in [0.25, 0.3) is 0 Å². The highest BCUT2D eigenvalue weighted by molar-refractivity contribution is 5.34. The van der Waals surface area contributed by atoms with Gasteiger partial charge in [0, 0.05) is 12.7 Å². The van der Waals surface area contributed by atoms with Gasteiger partial charge >= 0.3 is 0 Å². The van der Waals surface area contributed by atoms with Gasteiger partial charge in [-0.15, -0.1) is 0 Å². The Balaban J connectivity index is 2.12. The van der Waals surface area contributed by atoms with Gasteiger partial charge in [0.1, 0.15) is 12.7 Å². The molecule has 2 heterocycles. The third kappa shape index (κ3) is 2.88. The zero-order chi connectivity index (χ0) is 12.1. The lowest BCUT2D eigenvalue weighted by atomic mass is 10.2. The number of hydrogen-bond donors (Lipinski definition) is 1. The molecule has 0 saturated carbocycles. The van der Waals surface area contributed by atoms with Gasteiger partial charge in [-0.2, -0.15) is 5.10 Å². The molecule has 0 aromatic carbocycles. The molecule has 0 aliphatic carbocycles. The molecule has 0 radical (unpaired) electrons. The monoisotopic (exact) mass is 231 g/mol. The normalized spacial score (nSPS) is 10.7. The molecule has 2 rings (SSSR count). The molecule has 0 amide bonds. The fourth-order valence-corrected chi connectivity index (χ4v) is 1.69. The number of nitrogens with one attached hydrogen (secondary N) is 1. The molecule has 0 bridgehead atoms. The number of rotatable bonds is 5. The number of aromatic nitrogens is 4. The molecule has 0 atom stereocenters. The zero-order valence-corrected chi connectivity index (χ0v) is 10.2. The molecule has 2 aromatic heterocycles. The second-order valence-electron chi connectivity index (χ2n) is 4.00. The van der Waals surface area contributed by atoms with Gasteiger partial charge < -0.3 is 5.32 Å². The van der Waals surface area contributed by atoms with Crippen LogP contribution < -0.4 is 5.32 Å². The summed E-state index contributed by atoms with van der Waals surface area (Å²) in [4.78, 5) is 8.34. The molecule has 17 heavy (non-hydrogen) atoms. The van der Waals surface area contributed by atoms with E-state index in [0.717, 1.165) is 30.9 Å². The Bertz CT molecular complexity index is 464.